The van der Waals surface area contributed by atoms with E-state index in [4.69, 9.17) is 11.6 Å². The number of nitrogens with zero attached hydrogens (tertiary/aromatic N) is 1. The van der Waals surface area contributed by atoms with Crippen LogP contribution in [0.5, 0.6) is 0 Å². The van der Waals surface area contributed by atoms with Crippen LogP contribution >= 0.6 is 11.6 Å². The molecule has 1 aromatic heterocycles. The fourth-order valence-electron chi connectivity index (χ4n) is 1.13. The second-order valence-corrected chi connectivity index (χ2v) is 4.38. The van der Waals surface area contributed by atoms with Crippen LogP contribution in [0.15, 0.2) is 12.1 Å². The van der Waals surface area contributed by atoms with Crippen LogP contribution in [-0.2, 0) is 0 Å². The first-order valence-electron chi connectivity index (χ1n) is 4.68. The van der Waals surface area contributed by atoms with Crippen LogP contribution in [0.1, 0.15) is 50.9 Å². The highest BCUT2D eigenvalue weighted by Gasteiger charge is 2.07. The van der Waals surface area contributed by atoms with Gasteiger partial charge in [-0.05, 0) is 24.0 Å². The molecule has 0 aromatic carbocycles. The highest BCUT2D eigenvalue weighted by atomic mass is 35.5. The Hall–Kier alpha value is -0.560. The predicted octanol–water partition coefficient (Wildman–Crippen LogP) is 3.98. The molecule has 1 heterocycles. The van der Waals surface area contributed by atoms with E-state index in [2.05, 4.69) is 32.7 Å². The molecule has 0 saturated carbocycles. The van der Waals surface area contributed by atoms with Crippen molar-refractivity contribution in [2.75, 3.05) is 0 Å². The van der Waals surface area contributed by atoms with Crippen molar-refractivity contribution < 1.29 is 0 Å². The van der Waals surface area contributed by atoms with Crippen molar-refractivity contribution in [2.45, 2.75) is 39.5 Å². The topological polar surface area (TPSA) is 12.9 Å². The molecule has 0 radical (unpaired) electrons. The third-order valence-corrected chi connectivity index (χ3v) is 2.23. The first-order valence-corrected chi connectivity index (χ1v) is 5.06. The molecule has 1 nitrogen and oxygen atoms in total. The lowest BCUT2D eigenvalue weighted by molar-refractivity contribution is 0.765. The Bertz CT molecular complexity index is 266. The summed E-state index contributed by atoms with van der Waals surface area (Å²) >= 11 is 6.00. The Balaban J connectivity index is 3.11. The van der Waals surface area contributed by atoms with Gasteiger partial charge in [0.15, 0.2) is 0 Å². The highest BCUT2D eigenvalue weighted by molar-refractivity contribution is 6.30. The standard InChI is InChI=1S/C11H16ClN/c1-7(2)10-5-9(12)6-11(13-10)8(3)4/h5-8H,1-4H3. The summed E-state index contributed by atoms with van der Waals surface area (Å²) in [5, 5.41) is 0.794. The van der Waals surface area contributed by atoms with Gasteiger partial charge in [0.25, 0.3) is 0 Å². The van der Waals surface area contributed by atoms with Crippen LogP contribution in [-0.4, -0.2) is 4.98 Å². The molecule has 13 heavy (non-hydrogen) atoms. The van der Waals surface area contributed by atoms with E-state index in [0.717, 1.165) is 16.4 Å². The SMILES string of the molecule is CC(C)c1cc(Cl)cc(C(C)C)n1. The summed E-state index contributed by atoms with van der Waals surface area (Å²) in [6.45, 7) is 8.51. The number of rotatable bonds is 2. The summed E-state index contributed by atoms with van der Waals surface area (Å²) in [5.74, 6) is 0.882. The third-order valence-electron chi connectivity index (χ3n) is 2.01. The molecule has 0 aliphatic rings. The Morgan fingerprint density at radius 1 is 1.00 bits per heavy atom. The van der Waals surface area contributed by atoms with Crippen LogP contribution < -0.4 is 0 Å². The normalized spacial score (nSPS) is 11.3. The molecule has 1 rings (SSSR count). The molecule has 0 atom stereocenters. The molecule has 0 aliphatic carbocycles. The van der Waals surface area contributed by atoms with E-state index in [1.165, 1.54) is 0 Å². The molecular formula is C11H16ClN. The van der Waals surface area contributed by atoms with Gasteiger partial charge in [0.2, 0.25) is 0 Å². The summed E-state index contributed by atoms with van der Waals surface area (Å²) in [6.07, 6.45) is 0. The lowest BCUT2D eigenvalue weighted by Gasteiger charge is -2.10. The van der Waals surface area contributed by atoms with Gasteiger partial charge in [-0.2, -0.15) is 0 Å². The lowest BCUT2D eigenvalue weighted by Crippen LogP contribution is -1.99. The Kier molecular flexibility index (Phi) is 3.32. The first-order chi connectivity index (χ1) is 6.00. The van der Waals surface area contributed by atoms with E-state index in [1.54, 1.807) is 0 Å². The second kappa shape index (κ2) is 4.10. The number of aromatic nitrogens is 1. The van der Waals surface area contributed by atoms with E-state index < -0.39 is 0 Å². The molecule has 0 spiro atoms. The van der Waals surface area contributed by atoms with Gasteiger partial charge < -0.3 is 0 Å². The van der Waals surface area contributed by atoms with Gasteiger partial charge in [-0.3, -0.25) is 4.98 Å². The number of hydrogen-bond donors (Lipinski definition) is 0. The Labute approximate surface area is 85.1 Å². The van der Waals surface area contributed by atoms with Crippen LogP contribution in [0.4, 0.5) is 0 Å². The van der Waals surface area contributed by atoms with Crippen molar-refractivity contribution in [3.05, 3.63) is 28.5 Å². The number of halogens is 1. The summed E-state index contributed by atoms with van der Waals surface area (Å²) in [6, 6.07) is 3.89. The predicted molar refractivity (Wildman–Crippen MR) is 57.4 cm³/mol. The Morgan fingerprint density at radius 3 is 1.69 bits per heavy atom. The van der Waals surface area contributed by atoms with Gasteiger partial charge in [-0.1, -0.05) is 39.3 Å². The van der Waals surface area contributed by atoms with Gasteiger partial charge >= 0.3 is 0 Å². The quantitative estimate of drug-likeness (QED) is 0.699. The maximum absolute atomic E-state index is 6.00. The average molecular weight is 198 g/mol. The molecule has 0 saturated heterocycles. The van der Waals surface area contributed by atoms with Crippen LogP contribution in [0, 0.1) is 0 Å². The van der Waals surface area contributed by atoms with E-state index in [9.17, 15) is 0 Å². The summed E-state index contributed by atoms with van der Waals surface area (Å²) < 4.78 is 0. The van der Waals surface area contributed by atoms with Gasteiger partial charge in [0.05, 0.1) is 0 Å². The van der Waals surface area contributed by atoms with Crippen molar-refractivity contribution >= 4 is 11.6 Å². The summed E-state index contributed by atoms with van der Waals surface area (Å²) in [4.78, 5) is 4.55. The number of hydrogen-bond acceptors (Lipinski definition) is 1. The zero-order valence-corrected chi connectivity index (χ0v) is 9.39. The minimum absolute atomic E-state index is 0.441. The molecular weight excluding hydrogens is 182 g/mol. The zero-order chi connectivity index (χ0) is 10.0. The molecule has 0 aliphatic heterocycles. The molecule has 0 amide bonds. The molecule has 0 N–H and O–H groups in total. The van der Waals surface area contributed by atoms with E-state index >= 15 is 0 Å². The molecule has 1 aromatic rings. The van der Waals surface area contributed by atoms with Crippen molar-refractivity contribution in [3.63, 3.8) is 0 Å². The minimum atomic E-state index is 0.441. The number of pyridine rings is 1. The molecule has 0 bridgehead atoms. The van der Waals surface area contributed by atoms with Crippen molar-refractivity contribution in [3.8, 4) is 0 Å². The van der Waals surface area contributed by atoms with Crippen molar-refractivity contribution in [1.82, 2.24) is 4.98 Å². The minimum Gasteiger partial charge on any atom is -0.257 e. The van der Waals surface area contributed by atoms with Crippen molar-refractivity contribution in [1.29, 1.82) is 0 Å². The fraction of sp³-hybridized carbons (Fsp3) is 0.545. The van der Waals surface area contributed by atoms with E-state index in [1.807, 2.05) is 12.1 Å². The molecule has 0 unspecified atom stereocenters. The van der Waals surface area contributed by atoms with E-state index in [-0.39, 0.29) is 0 Å². The average Bonchev–Trinajstić information content (AvgIpc) is 2.03. The van der Waals surface area contributed by atoms with Gasteiger partial charge in [0.1, 0.15) is 0 Å². The zero-order valence-electron chi connectivity index (χ0n) is 8.63. The molecule has 2 heteroatoms. The summed E-state index contributed by atoms with van der Waals surface area (Å²) in [5.41, 5.74) is 2.16. The maximum atomic E-state index is 6.00. The molecule has 72 valence electrons. The third kappa shape index (κ3) is 2.70. The van der Waals surface area contributed by atoms with Gasteiger partial charge in [0, 0.05) is 16.4 Å². The first kappa shape index (κ1) is 10.5. The van der Waals surface area contributed by atoms with Crippen LogP contribution in [0.2, 0.25) is 5.02 Å². The Morgan fingerprint density at radius 2 is 1.38 bits per heavy atom. The highest BCUT2D eigenvalue weighted by Crippen LogP contribution is 2.22. The lowest BCUT2D eigenvalue weighted by atomic mass is 10.1. The van der Waals surface area contributed by atoms with E-state index in [0.29, 0.717) is 11.8 Å². The fourth-order valence-corrected chi connectivity index (χ4v) is 1.35. The van der Waals surface area contributed by atoms with Gasteiger partial charge in [-0.25, -0.2) is 0 Å². The van der Waals surface area contributed by atoms with Gasteiger partial charge in [-0.15, -0.1) is 0 Å². The maximum Gasteiger partial charge on any atom is 0.0447 e. The monoisotopic (exact) mass is 197 g/mol. The van der Waals surface area contributed by atoms with Crippen LogP contribution in [0.3, 0.4) is 0 Å². The summed E-state index contributed by atoms with van der Waals surface area (Å²) in [7, 11) is 0. The van der Waals surface area contributed by atoms with Crippen LogP contribution in [0.25, 0.3) is 0 Å². The second-order valence-electron chi connectivity index (χ2n) is 3.94. The smallest absolute Gasteiger partial charge is 0.0447 e. The largest absolute Gasteiger partial charge is 0.257 e. The van der Waals surface area contributed by atoms with Crippen molar-refractivity contribution in [2.24, 2.45) is 0 Å². The molecule has 0 fully saturated rings.